The summed E-state index contributed by atoms with van der Waals surface area (Å²) in [4.78, 5) is 11.1. The van der Waals surface area contributed by atoms with Gasteiger partial charge in [0.2, 0.25) is 0 Å². The summed E-state index contributed by atoms with van der Waals surface area (Å²) in [5.41, 5.74) is 0. The minimum absolute atomic E-state index is 0.143. The molecule has 0 radical (unpaired) electrons. The van der Waals surface area contributed by atoms with Crippen molar-refractivity contribution in [2.24, 2.45) is 0 Å². The number of nitrogens with one attached hydrogen (secondary N) is 1. The van der Waals surface area contributed by atoms with Gasteiger partial charge in [-0.3, -0.25) is 4.79 Å². The molecule has 0 unspecified atom stereocenters. The molecule has 18 heavy (non-hydrogen) atoms. The molecule has 0 bridgehead atoms. The molecule has 0 aliphatic carbocycles. The Morgan fingerprint density at radius 1 is 1.44 bits per heavy atom. The van der Waals surface area contributed by atoms with Crippen LogP contribution in [0.4, 0.5) is 0 Å². The molecule has 102 valence electrons. The van der Waals surface area contributed by atoms with Crippen molar-refractivity contribution >= 4 is 5.97 Å². The van der Waals surface area contributed by atoms with Crippen LogP contribution in [0.1, 0.15) is 38.9 Å². The topological polar surface area (TPSA) is 81.9 Å². The van der Waals surface area contributed by atoms with E-state index in [0.29, 0.717) is 19.6 Å². The zero-order chi connectivity index (χ0) is 13.2. The van der Waals surface area contributed by atoms with Crippen LogP contribution in [0.5, 0.6) is 0 Å². The standard InChI is InChI=1S/C11H21N5O2/c1-3-8-16-10(13-14-15-16)9-12-7-5-6-11(17)18-4-2/h12H,3-9H2,1-2H3. The number of hydrogen-bond donors (Lipinski definition) is 1. The third kappa shape index (κ3) is 5.22. The molecular weight excluding hydrogens is 234 g/mol. The Morgan fingerprint density at radius 2 is 2.28 bits per heavy atom. The van der Waals surface area contributed by atoms with Gasteiger partial charge in [0.15, 0.2) is 5.82 Å². The Hall–Kier alpha value is -1.50. The van der Waals surface area contributed by atoms with Crippen molar-refractivity contribution in [1.82, 2.24) is 25.5 Å². The number of carbonyl (C=O) groups is 1. The van der Waals surface area contributed by atoms with Crippen LogP contribution >= 0.6 is 0 Å². The van der Waals surface area contributed by atoms with E-state index in [-0.39, 0.29) is 5.97 Å². The Kier molecular flexibility index (Phi) is 6.93. The highest BCUT2D eigenvalue weighted by Gasteiger charge is 2.05. The van der Waals surface area contributed by atoms with Crippen molar-refractivity contribution in [3.05, 3.63) is 5.82 Å². The molecule has 1 aromatic rings. The van der Waals surface area contributed by atoms with Gasteiger partial charge in [-0.25, -0.2) is 4.68 Å². The lowest BCUT2D eigenvalue weighted by molar-refractivity contribution is -0.143. The zero-order valence-electron chi connectivity index (χ0n) is 11.1. The number of tetrazole rings is 1. The van der Waals surface area contributed by atoms with Crippen molar-refractivity contribution in [2.45, 2.75) is 46.2 Å². The molecule has 0 atom stereocenters. The summed E-state index contributed by atoms with van der Waals surface area (Å²) in [6.07, 6.45) is 2.20. The summed E-state index contributed by atoms with van der Waals surface area (Å²) in [5, 5.41) is 14.7. The molecule has 1 rings (SSSR count). The molecule has 0 aromatic carbocycles. The number of nitrogens with zero attached hydrogens (tertiary/aromatic N) is 4. The van der Waals surface area contributed by atoms with Crippen molar-refractivity contribution in [3.8, 4) is 0 Å². The lowest BCUT2D eigenvalue weighted by atomic mass is 10.3. The van der Waals surface area contributed by atoms with E-state index in [9.17, 15) is 4.79 Å². The summed E-state index contributed by atoms with van der Waals surface area (Å²) in [5.74, 6) is 0.683. The second-order valence-corrected chi connectivity index (χ2v) is 3.90. The molecule has 0 spiro atoms. The fraction of sp³-hybridized carbons (Fsp3) is 0.818. The van der Waals surface area contributed by atoms with Gasteiger partial charge in [-0.2, -0.15) is 0 Å². The van der Waals surface area contributed by atoms with Crippen molar-refractivity contribution < 1.29 is 9.53 Å². The number of ether oxygens (including phenoxy) is 1. The number of aromatic nitrogens is 4. The first-order valence-corrected chi connectivity index (χ1v) is 6.39. The fourth-order valence-corrected chi connectivity index (χ4v) is 1.53. The minimum atomic E-state index is -0.143. The molecule has 7 heteroatoms. The van der Waals surface area contributed by atoms with Gasteiger partial charge in [0.05, 0.1) is 13.2 Å². The average Bonchev–Trinajstić information content (AvgIpc) is 2.77. The van der Waals surface area contributed by atoms with Crippen LogP contribution in [0.25, 0.3) is 0 Å². The third-order valence-corrected chi connectivity index (χ3v) is 2.36. The normalized spacial score (nSPS) is 10.6. The maximum absolute atomic E-state index is 11.1. The van der Waals surface area contributed by atoms with E-state index in [1.807, 2.05) is 6.92 Å². The summed E-state index contributed by atoms with van der Waals surface area (Å²) < 4.78 is 6.63. The molecular formula is C11H21N5O2. The lowest BCUT2D eigenvalue weighted by Crippen LogP contribution is -2.19. The van der Waals surface area contributed by atoms with Crippen LogP contribution in [0.15, 0.2) is 0 Å². The smallest absolute Gasteiger partial charge is 0.305 e. The number of hydrogen-bond acceptors (Lipinski definition) is 6. The Bertz CT molecular complexity index is 353. The highest BCUT2D eigenvalue weighted by molar-refractivity contribution is 5.69. The highest BCUT2D eigenvalue weighted by Crippen LogP contribution is 1.95. The van der Waals surface area contributed by atoms with Gasteiger partial charge in [0, 0.05) is 13.0 Å². The van der Waals surface area contributed by atoms with Crippen molar-refractivity contribution in [2.75, 3.05) is 13.2 Å². The van der Waals surface area contributed by atoms with E-state index in [1.54, 1.807) is 4.68 Å². The average molecular weight is 255 g/mol. The van der Waals surface area contributed by atoms with Crippen LogP contribution in [-0.4, -0.2) is 39.3 Å². The van der Waals surface area contributed by atoms with E-state index in [4.69, 9.17) is 4.74 Å². The summed E-state index contributed by atoms with van der Waals surface area (Å²) in [7, 11) is 0. The Morgan fingerprint density at radius 3 is 3.00 bits per heavy atom. The van der Waals surface area contributed by atoms with E-state index in [2.05, 4.69) is 27.8 Å². The first-order valence-electron chi connectivity index (χ1n) is 6.39. The van der Waals surface area contributed by atoms with Crippen molar-refractivity contribution in [1.29, 1.82) is 0 Å². The maximum Gasteiger partial charge on any atom is 0.305 e. The predicted molar refractivity (Wildman–Crippen MR) is 65.7 cm³/mol. The number of esters is 1. The predicted octanol–water partition coefficient (Wildman–Crippen LogP) is 0.516. The summed E-state index contributed by atoms with van der Waals surface area (Å²) in [6.45, 7) is 6.53. The first kappa shape index (κ1) is 14.6. The van der Waals surface area contributed by atoms with E-state index < -0.39 is 0 Å². The quantitative estimate of drug-likeness (QED) is 0.511. The second-order valence-electron chi connectivity index (χ2n) is 3.90. The monoisotopic (exact) mass is 255 g/mol. The van der Waals surface area contributed by atoms with Gasteiger partial charge in [-0.15, -0.1) is 5.10 Å². The largest absolute Gasteiger partial charge is 0.466 e. The van der Waals surface area contributed by atoms with Gasteiger partial charge in [0.25, 0.3) is 0 Å². The van der Waals surface area contributed by atoms with Gasteiger partial charge in [0.1, 0.15) is 0 Å². The van der Waals surface area contributed by atoms with Gasteiger partial charge < -0.3 is 10.1 Å². The van der Waals surface area contributed by atoms with Crippen LogP contribution in [0.3, 0.4) is 0 Å². The number of rotatable bonds is 9. The van der Waals surface area contributed by atoms with Crippen LogP contribution in [0.2, 0.25) is 0 Å². The minimum Gasteiger partial charge on any atom is -0.466 e. The SMILES string of the molecule is CCCn1nnnc1CNCCCC(=O)OCC. The first-order chi connectivity index (χ1) is 8.77. The number of aryl methyl sites for hydroxylation is 1. The van der Waals surface area contributed by atoms with E-state index in [0.717, 1.165) is 31.8 Å². The molecule has 1 heterocycles. The zero-order valence-corrected chi connectivity index (χ0v) is 11.1. The lowest BCUT2D eigenvalue weighted by Gasteiger charge is -2.05. The van der Waals surface area contributed by atoms with E-state index >= 15 is 0 Å². The van der Waals surface area contributed by atoms with Gasteiger partial charge in [-0.05, 0) is 36.7 Å². The summed E-state index contributed by atoms with van der Waals surface area (Å²) >= 11 is 0. The molecule has 0 saturated carbocycles. The van der Waals surface area contributed by atoms with E-state index in [1.165, 1.54) is 0 Å². The van der Waals surface area contributed by atoms with Crippen LogP contribution in [-0.2, 0) is 22.6 Å². The molecule has 0 aliphatic heterocycles. The molecule has 7 nitrogen and oxygen atoms in total. The van der Waals surface area contributed by atoms with Gasteiger partial charge >= 0.3 is 5.97 Å². The molecule has 0 aliphatic rings. The molecule has 1 N–H and O–H groups in total. The Balaban J connectivity index is 2.14. The number of carbonyl (C=O) groups excluding carboxylic acids is 1. The maximum atomic E-state index is 11.1. The molecule has 0 fully saturated rings. The Labute approximate surface area is 107 Å². The van der Waals surface area contributed by atoms with Crippen molar-refractivity contribution in [3.63, 3.8) is 0 Å². The third-order valence-electron chi connectivity index (χ3n) is 2.36. The fourth-order valence-electron chi connectivity index (χ4n) is 1.53. The highest BCUT2D eigenvalue weighted by atomic mass is 16.5. The summed E-state index contributed by atoms with van der Waals surface area (Å²) in [6, 6.07) is 0. The second kappa shape index (κ2) is 8.57. The van der Waals surface area contributed by atoms with Crippen LogP contribution in [0, 0.1) is 0 Å². The molecule has 0 amide bonds. The molecule has 0 saturated heterocycles. The van der Waals surface area contributed by atoms with Crippen LogP contribution < -0.4 is 5.32 Å². The molecule has 1 aromatic heterocycles. The van der Waals surface area contributed by atoms with Gasteiger partial charge in [-0.1, -0.05) is 6.92 Å².